The zero-order valence-corrected chi connectivity index (χ0v) is 19.5. The lowest BCUT2D eigenvalue weighted by molar-refractivity contribution is -0.130. The summed E-state index contributed by atoms with van der Waals surface area (Å²) < 4.78 is 27.3. The van der Waals surface area contributed by atoms with Crippen LogP contribution in [0, 0.1) is 18.3 Å². The van der Waals surface area contributed by atoms with Crippen LogP contribution in [0.3, 0.4) is 0 Å². The van der Waals surface area contributed by atoms with E-state index in [-0.39, 0.29) is 28.7 Å². The van der Waals surface area contributed by atoms with Crippen LogP contribution in [0.15, 0.2) is 41.6 Å². The summed E-state index contributed by atoms with van der Waals surface area (Å²) in [4.78, 5) is 25.5. The van der Waals surface area contributed by atoms with Gasteiger partial charge in [-0.05, 0) is 43.2 Å². The molecule has 1 fully saturated rings. The minimum atomic E-state index is -3.97. The van der Waals surface area contributed by atoms with E-state index in [1.165, 1.54) is 24.5 Å². The van der Waals surface area contributed by atoms with Gasteiger partial charge in [-0.25, -0.2) is 8.42 Å². The van der Waals surface area contributed by atoms with Gasteiger partial charge in [-0.15, -0.1) is 0 Å². The highest BCUT2D eigenvalue weighted by atomic mass is 32.2. The Morgan fingerprint density at radius 3 is 2.45 bits per heavy atom. The van der Waals surface area contributed by atoms with Crippen LogP contribution in [0.2, 0.25) is 0 Å². The molecule has 1 aliphatic heterocycles. The number of aryl methyl sites for hydroxylation is 1. The van der Waals surface area contributed by atoms with Crippen molar-refractivity contribution >= 4 is 21.8 Å². The van der Waals surface area contributed by atoms with Gasteiger partial charge in [-0.3, -0.25) is 13.9 Å². The molecule has 170 valence electrons. The topological polar surface area (TPSA) is 95.6 Å². The van der Waals surface area contributed by atoms with Gasteiger partial charge in [0.15, 0.2) is 0 Å². The van der Waals surface area contributed by atoms with Gasteiger partial charge >= 0.3 is 0 Å². The summed E-state index contributed by atoms with van der Waals surface area (Å²) in [6.45, 7) is 8.40. The normalized spacial score (nSPS) is 24.6. The number of hydrogen-bond acceptors (Lipinski definition) is 4. The van der Waals surface area contributed by atoms with Gasteiger partial charge in [-0.2, -0.15) is 0 Å². The van der Waals surface area contributed by atoms with Gasteiger partial charge in [0.05, 0.1) is 11.3 Å². The molecule has 0 aromatic heterocycles. The molecule has 0 bridgehead atoms. The molecule has 1 saturated carbocycles. The summed E-state index contributed by atoms with van der Waals surface area (Å²) in [6.07, 6.45) is 6.52. The molecule has 3 rings (SSSR count). The molecule has 0 spiro atoms. The van der Waals surface area contributed by atoms with Crippen molar-refractivity contribution in [3.05, 3.63) is 42.2 Å². The van der Waals surface area contributed by atoms with E-state index < -0.39 is 22.0 Å². The first-order chi connectivity index (χ1) is 14.5. The monoisotopic (exact) mass is 447 g/mol. The maximum Gasteiger partial charge on any atom is 0.264 e. The van der Waals surface area contributed by atoms with Crippen molar-refractivity contribution in [2.24, 2.45) is 11.3 Å². The molecular formula is C23H33N3O4S. The second-order valence-electron chi connectivity index (χ2n) is 9.62. The van der Waals surface area contributed by atoms with Crippen molar-refractivity contribution < 1.29 is 18.0 Å². The predicted molar refractivity (Wildman–Crippen MR) is 119 cm³/mol. The number of nitrogens with zero attached hydrogens (tertiary/aromatic N) is 1. The molecule has 8 heteroatoms. The van der Waals surface area contributed by atoms with E-state index in [9.17, 15) is 18.0 Å². The van der Waals surface area contributed by atoms with Crippen molar-refractivity contribution in [3.63, 3.8) is 0 Å². The van der Waals surface area contributed by atoms with E-state index in [1.807, 2.05) is 6.92 Å². The summed E-state index contributed by atoms with van der Waals surface area (Å²) in [5.74, 6) is -0.470. The van der Waals surface area contributed by atoms with Crippen LogP contribution in [0.5, 0.6) is 0 Å². The van der Waals surface area contributed by atoms with Gasteiger partial charge < -0.3 is 10.6 Å². The fraction of sp³-hybridized carbons (Fsp3) is 0.565. The molecule has 0 saturated heterocycles. The van der Waals surface area contributed by atoms with Crippen molar-refractivity contribution in [2.45, 2.75) is 76.8 Å². The Bertz CT molecular complexity index is 948. The maximum atomic E-state index is 13.2. The molecule has 1 aromatic rings. The summed E-state index contributed by atoms with van der Waals surface area (Å²) >= 11 is 0. The first kappa shape index (κ1) is 23.3. The first-order valence-electron chi connectivity index (χ1n) is 10.9. The summed E-state index contributed by atoms with van der Waals surface area (Å²) in [5.41, 5.74) is 0.993. The molecule has 1 aliphatic carbocycles. The van der Waals surface area contributed by atoms with E-state index in [0.717, 1.165) is 35.6 Å². The Hall–Kier alpha value is -2.35. The van der Waals surface area contributed by atoms with Crippen molar-refractivity contribution in [3.8, 4) is 0 Å². The molecule has 2 amide bonds. The highest BCUT2D eigenvalue weighted by Gasteiger charge is 2.39. The second kappa shape index (κ2) is 9.02. The Balaban J connectivity index is 1.78. The van der Waals surface area contributed by atoms with Crippen LogP contribution in [0.1, 0.15) is 58.4 Å². The van der Waals surface area contributed by atoms with Crippen LogP contribution >= 0.6 is 0 Å². The van der Waals surface area contributed by atoms with Crippen LogP contribution in [0.4, 0.5) is 0 Å². The average molecular weight is 448 g/mol. The quantitative estimate of drug-likeness (QED) is 0.725. The standard InChI is InChI=1S/C23H33N3O4S/c1-16-9-11-17(12-10-16)31(29,30)26-14-13-24-22(28)20(26)15-21(27)25-19-8-6-5-7-18(19)23(2,3)4/h9-14,18-20H,5-8,15H2,1-4H3,(H,24,28)(H,25,27)/t18-,19+,20+/m0/s1. The van der Waals surface area contributed by atoms with Crippen LogP contribution in [-0.2, 0) is 19.6 Å². The number of carbonyl (C=O) groups is 2. The maximum absolute atomic E-state index is 13.2. The number of benzene rings is 1. The highest BCUT2D eigenvalue weighted by molar-refractivity contribution is 7.89. The molecule has 2 aliphatic rings. The SMILES string of the molecule is Cc1ccc(S(=O)(=O)N2C=CNC(=O)[C@H]2CC(=O)N[C@@H]2CCCC[C@@H]2C(C)(C)C)cc1. The summed E-state index contributed by atoms with van der Waals surface area (Å²) in [5, 5.41) is 5.63. The number of carbonyl (C=O) groups excluding carboxylic acids is 2. The summed E-state index contributed by atoms with van der Waals surface area (Å²) in [7, 11) is -3.97. The molecule has 1 aromatic carbocycles. The molecule has 3 atom stereocenters. The molecular weight excluding hydrogens is 414 g/mol. The Morgan fingerprint density at radius 1 is 1.16 bits per heavy atom. The van der Waals surface area contributed by atoms with E-state index in [4.69, 9.17) is 0 Å². The molecule has 7 nitrogen and oxygen atoms in total. The lowest BCUT2D eigenvalue weighted by Crippen LogP contribution is -2.53. The van der Waals surface area contributed by atoms with E-state index in [2.05, 4.69) is 31.4 Å². The smallest absolute Gasteiger partial charge is 0.264 e. The van der Waals surface area contributed by atoms with Gasteiger partial charge in [0.1, 0.15) is 6.04 Å². The third-order valence-corrected chi connectivity index (χ3v) is 8.06. The van der Waals surface area contributed by atoms with Crippen LogP contribution in [0.25, 0.3) is 0 Å². The zero-order valence-electron chi connectivity index (χ0n) is 18.7. The van der Waals surface area contributed by atoms with Gasteiger partial charge in [0, 0.05) is 18.4 Å². The van der Waals surface area contributed by atoms with Gasteiger partial charge in [0.2, 0.25) is 11.8 Å². The Kier molecular flexibility index (Phi) is 6.79. The predicted octanol–water partition coefficient (Wildman–Crippen LogP) is 3.07. The van der Waals surface area contributed by atoms with Crippen molar-refractivity contribution in [1.29, 1.82) is 0 Å². The lowest BCUT2D eigenvalue weighted by atomic mass is 9.69. The highest BCUT2D eigenvalue weighted by Crippen LogP contribution is 2.38. The number of sulfonamides is 1. The first-order valence-corrected chi connectivity index (χ1v) is 12.3. The summed E-state index contributed by atoms with van der Waals surface area (Å²) in [6, 6.07) is 5.34. The number of rotatable bonds is 5. The third-order valence-electron chi connectivity index (χ3n) is 6.26. The fourth-order valence-electron chi connectivity index (χ4n) is 4.55. The minimum Gasteiger partial charge on any atom is -0.353 e. The Labute approximate surface area is 185 Å². The molecule has 0 radical (unpaired) electrons. The average Bonchev–Trinajstić information content (AvgIpc) is 2.69. The van der Waals surface area contributed by atoms with E-state index in [0.29, 0.717) is 5.92 Å². The number of hydrogen-bond donors (Lipinski definition) is 2. The van der Waals surface area contributed by atoms with Crippen molar-refractivity contribution in [1.82, 2.24) is 14.9 Å². The molecule has 0 unspecified atom stereocenters. The number of amides is 2. The van der Waals surface area contributed by atoms with Crippen LogP contribution in [-0.4, -0.2) is 36.6 Å². The van der Waals surface area contributed by atoms with Gasteiger partial charge in [-0.1, -0.05) is 51.3 Å². The zero-order chi connectivity index (χ0) is 22.8. The minimum absolute atomic E-state index is 0.0330. The number of nitrogens with one attached hydrogen (secondary N) is 2. The molecule has 2 N–H and O–H groups in total. The third kappa shape index (κ3) is 5.29. The van der Waals surface area contributed by atoms with Crippen LogP contribution < -0.4 is 10.6 Å². The lowest BCUT2D eigenvalue weighted by Gasteiger charge is -2.41. The van der Waals surface area contributed by atoms with E-state index >= 15 is 0 Å². The fourth-order valence-corrected chi connectivity index (χ4v) is 6.00. The largest absolute Gasteiger partial charge is 0.353 e. The Morgan fingerprint density at radius 2 is 1.81 bits per heavy atom. The molecule has 31 heavy (non-hydrogen) atoms. The van der Waals surface area contributed by atoms with E-state index in [1.54, 1.807) is 12.1 Å². The molecule has 1 heterocycles. The second-order valence-corrected chi connectivity index (χ2v) is 11.5. The van der Waals surface area contributed by atoms with Crippen molar-refractivity contribution in [2.75, 3.05) is 0 Å². The van der Waals surface area contributed by atoms with Gasteiger partial charge in [0.25, 0.3) is 10.0 Å².